The number of para-hydroxylation sites is 1. The Labute approximate surface area is 99.2 Å². The lowest BCUT2D eigenvalue weighted by Gasteiger charge is -2.09. The zero-order valence-electron chi connectivity index (χ0n) is 8.49. The summed E-state index contributed by atoms with van der Waals surface area (Å²) in [5.41, 5.74) is 6.36. The van der Waals surface area contributed by atoms with Gasteiger partial charge >= 0.3 is 0 Å². The largest absolute Gasteiger partial charge is 0.376 e. The van der Waals surface area contributed by atoms with Gasteiger partial charge in [-0.2, -0.15) is 0 Å². The number of hydrogen-bond donors (Lipinski definition) is 3. The predicted octanol–water partition coefficient (Wildman–Crippen LogP) is 0.705. The molecule has 0 atom stereocenters. The maximum atomic E-state index is 11.7. The fourth-order valence-corrected chi connectivity index (χ4v) is 1.26. The quantitative estimate of drug-likeness (QED) is 0.531. The van der Waals surface area contributed by atoms with Crippen LogP contribution in [0.4, 0.5) is 5.69 Å². The van der Waals surface area contributed by atoms with E-state index in [9.17, 15) is 4.79 Å². The van der Waals surface area contributed by atoms with Gasteiger partial charge in [-0.25, -0.2) is 0 Å². The highest BCUT2D eigenvalue weighted by atomic mass is 32.1. The molecule has 0 aromatic heterocycles. The second-order valence-corrected chi connectivity index (χ2v) is 3.36. The average molecular weight is 233 g/mol. The number of benzene rings is 1. The van der Waals surface area contributed by atoms with Crippen LogP contribution in [-0.2, 0) is 0 Å². The number of thiocarbonyl (C=S) groups is 1. The van der Waals surface area contributed by atoms with E-state index in [1.54, 1.807) is 24.3 Å². The van der Waals surface area contributed by atoms with Gasteiger partial charge in [0.1, 0.15) is 0 Å². The molecule has 0 spiro atoms. The van der Waals surface area contributed by atoms with Crippen molar-refractivity contribution in [2.75, 3.05) is 11.9 Å². The monoisotopic (exact) mass is 233 g/mol. The summed E-state index contributed by atoms with van der Waals surface area (Å²) in [5.74, 6) is 2.06. The minimum absolute atomic E-state index is 0.109. The van der Waals surface area contributed by atoms with Crippen LogP contribution in [0.3, 0.4) is 0 Å². The molecule has 4 N–H and O–H groups in total. The van der Waals surface area contributed by atoms with Crippen LogP contribution in [-0.4, -0.2) is 17.6 Å². The van der Waals surface area contributed by atoms with Crippen molar-refractivity contribution >= 4 is 28.9 Å². The molecule has 0 bridgehead atoms. The standard InChI is InChI=1S/C11H11N3OS/c1-2-7-13-10(15)8-5-3-4-6-9(8)14-11(12)16/h1,3-6H,7H2,(H,13,15)(H3,12,14,16). The van der Waals surface area contributed by atoms with Crippen LogP contribution < -0.4 is 16.4 Å². The van der Waals surface area contributed by atoms with Crippen molar-refractivity contribution in [3.63, 3.8) is 0 Å². The highest BCUT2D eigenvalue weighted by molar-refractivity contribution is 7.80. The summed E-state index contributed by atoms with van der Waals surface area (Å²) in [6.07, 6.45) is 5.05. The van der Waals surface area contributed by atoms with Gasteiger partial charge in [-0.3, -0.25) is 4.79 Å². The molecule has 1 aromatic carbocycles. The molecule has 0 aliphatic heterocycles. The van der Waals surface area contributed by atoms with Crippen LogP contribution in [0.1, 0.15) is 10.4 Å². The Morgan fingerprint density at radius 3 is 2.81 bits per heavy atom. The fraction of sp³-hybridized carbons (Fsp3) is 0.0909. The third-order valence-electron chi connectivity index (χ3n) is 1.78. The van der Waals surface area contributed by atoms with Gasteiger partial charge in [0.25, 0.3) is 5.91 Å². The number of anilines is 1. The maximum Gasteiger partial charge on any atom is 0.254 e. The zero-order chi connectivity index (χ0) is 12.0. The van der Waals surface area contributed by atoms with E-state index in [0.717, 1.165) is 0 Å². The van der Waals surface area contributed by atoms with Crippen LogP contribution >= 0.6 is 12.2 Å². The lowest BCUT2D eigenvalue weighted by molar-refractivity contribution is 0.0959. The Morgan fingerprint density at radius 2 is 2.19 bits per heavy atom. The van der Waals surface area contributed by atoms with Gasteiger partial charge < -0.3 is 16.4 Å². The van der Waals surface area contributed by atoms with Gasteiger partial charge in [-0.15, -0.1) is 6.42 Å². The minimum atomic E-state index is -0.266. The third kappa shape index (κ3) is 3.26. The minimum Gasteiger partial charge on any atom is -0.376 e. The van der Waals surface area contributed by atoms with E-state index < -0.39 is 0 Å². The number of hydrogen-bond acceptors (Lipinski definition) is 2. The van der Waals surface area contributed by atoms with E-state index in [-0.39, 0.29) is 17.6 Å². The summed E-state index contributed by atoms with van der Waals surface area (Å²) in [5, 5.41) is 5.40. The lowest BCUT2D eigenvalue weighted by atomic mass is 10.1. The molecule has 0 saturated carbocycles. The Balaban J connectivity index is 2.90. The topological polar surface area (TPSA) is 67.2 Å². The van der Waals surface area contributed by atoms with E-state index >= 15 is 0 Å². The Bertz CT molecular complexity index is 451. The molecular weight excluding hydrogens is 222 g/mol. The number of terminal acetylenes is 1. The Hall–Kier alpha value is -2.06. The smallest absolute Gasteiger partial charge is 0.254 e. The summed E-state index contributed by atoms with van der Waals surface area (Å²) >= 11 is 4.71. The van der Waals surface area contributed by atoms with E-state index in [0.29, 0.717) is 11.3 Å². The Morgan fingerprint density at radius 1 is 1.50 bits per heavy atom. The summed E-state index contributed by atoms with van der Waals surface area (Å²) in [4.78, 5) is 11.7. The van der Waals surface area contributed by atoms with E-state index in [2.05, 4.69) is 16.6 Å². The normalized spacial score (nSPS) is 8.94. The van der Waals surface area contributed by atoms with Gasteiger partial charge in [-0.1, -0.05) is 18.1 Å². The van der Waals surface area contributed by atoms with E-state index in [1.165, 1.54) is 0 Å². The molecule has 0 heterocycles. The number of amides is 1. The van der Waals surface area contributed by atoms with Crippen LogP contribution in [0.2, 0.25) is 0 Å². The van der Waals surface area contributed by atoms with Crippen molar-refractivity contribution in [2.45, 2.75) is 0 Å². The first-order chi connectivity index (χ1) is 7.65. The summed E-state index contributed by atoms with van der Waals surface area (Å²) < 4.78 is 0. The second kappa shape index (κ2) is 5.73. The number of carbonyl (C=O) groups excluding carboxylic acids is 1. The van der Waals surface area contributed by atoms with Crippen molar-refractivity contribution in [3.05, 3.63) is 29.8 Å². The molecule has 0 saturated heterocycles. The van der Waals surface area contributed by atoms with E-state index in [1.807, 2.05) is 0 Å². The SMILES string of the molecule is C#CCNC(=O)c1ccccc1NC(N)=S. The number of rotatable bonds is 3. The van der Waals surface area contributed by atoms with Crippen molar-refractivity contribution in [3.8, 4) is 12.3 Å². The molecule has 1 rings (SSSR count). The van der Waals surface area contributed by atoms with Gasteiger partial charge in [-0.05, 0) is 24.4 Å². The second-order valence-electron chi connectivity index (χ2n) is 2.92. The van der Waals surface area contributed by atoms with Crippen LogP contribution in [0.5, 0.6) is 0 Å². The fourth-order valence-electron chi connectivity index (χ4n) is 1.15. The van der Waals surface area contributed by atoms with Crippen LogP contribution in [0, 0.1) is 12.3 Å². The molecule has 1 amide bonds. The molecule has 82 valence electrons. The summed E-state index contributed by atoms with van der Waals surface area (Å²) in [7, 11) is 0. The lowest BCUT2D eigenvalue weighted by Crippen LogP contribution is -2.26. The maximum absolute atomic E-state index is 11.7. The highest BCUT2D eigenvalue weighted by Crippen LogP contribution is 2.14. The molecule has 0 fully saturated rings. The first-order valence-corrected chi connectivity index (χ1v) is 4.93. The number of carbonyl (C=O) groups is 1. The molecule has 4 nitrogen and oxygen atoms in total. The summed E-state index contributed by atoms with van der Waals surface area (Å²) in [6.45, 7) is 0.181. The zero-order valence-corrected chi connectivity index (χ0v) is 9.30. The molecular formula is C11H11N3OS. The van der Waals surface area contributed by atoms with Crippen molar-refractivity contribution in [1.82, 2.24) is 5.32 Å². The van der Waals surface area contributed by atoms with Crippen molar-refractivity contribution in [1.29, 1.82) is 0 Å². The molecule has 5 heteroatoms. The molecule has 0 aliphatic rings. The Kier molecular flexibility index (Phi) is 4.30. The van der Waals surface area contributed by atoms with Crippen molar-refractivity contribution < 1.29 is 4.79 Å². The van der Waals surface area contributed by atoms with E-state index in [4.69, 9.17) is 24.4 Å². The predicted molar refractivity (Wildman–Crippen MR) is 68.0 cm³/mol. The number of nitrogens with two attached hydrogens (primary N) is 1. The molecule has 0 unspecified atom stereocenters. The van der Waals surface area contributed by atoms with Crippen LogP contribution in [0.25, 0.3) is 0 Å². The average Bonchev–Trinajstić information content (AvgIpc) is 2.26. The van der Waals surface area contributed by atoms with Gasteiger partial charge in [0.2, 0.25) is 0 Å². The third-order valence-corrected chi connectivity index (χ3v) is 1.88. The molecule has 0 aliphatic carbocycles. The highest BCUT2D eigenvalue weighted by Gasteiger charge is 2.09. The first-order valence-electron chi connectivity index (χ1n) is 4.52. The van der Waals surface area contributed by atoms with Crippen LogP contribution in [0.15, 0.2) is 24.3 Å². The molecule has 1 aromatic rings. The van der Waals surface area contributed by atoms with Crippen molar-refractivity contribution in [2.24, 2.45) is 5.73 Å². The summed E-state index contributed by atoms with van der Waals surface area (Å²) in [6, 6.07) is 6.89. The van der Waals surface area contributed by atoms with Gasteiger partial charge in [0, 0.05) is 0 Å². The number of nitrogens with one attached hydrogen (secondary N) is 2. The molecule has 16 heavy (non-hydrogen) atoms. The van der Waals surface area contributed by atoms with Gasteiger partial charge in [0.15, 0.2) is 5.11 Å². The molecule has 0 radical (unpaired) electrons. The first kappa shape index (κ1) is 12.0. The van der Waals surface area contributed by atoms with Gasteiger partial charge in [0.05, 0.1) is 17.8 Å².